The zero-order chi connectivity index (χ0) is 23.5. The largest absolute Gasteiger partial charge is 0.497 e. The van der Waals surface area contributed by atoms with Crippen LogP contribution in [0.3, 0.4) is 0 Å². The van der Waals surface area contributed by atoms with E-state index in [0.717, 1.165) is 5.56 Å². The highest BCUT2D eigenvalue weighted by atomic mass is 16.5. The maximum Gasteiger partial charge on any atom is 0.203 e. The molecule has 2 rings (SSSR count). The maximum atomic E-state index is 10.7. The second kappa shape index (κ2) is 12.5. The number of aliphatic imine (C=N–C) groups is 1. The number of methoxy groups -OCH3 is 5. The van der Waals surface area contributed by atoms with Crippen molar-refractivity contribution < 1.29 is 28.8 Å². The van der Waals surface area contributed by atoms with E-state index in [1.165, 1.54) is 0 Å². The molecule has 9 heteroatoms. The van der Waals surface area contributed by atoms with Crippen LogP contribution in [-0.2, 0) is 6.54 Å². The molecule has 0 saturated heterocycles. The molecule has 0 aromatic heterocycles. The predicted molar refractivity (Wildman–Crippen MR) is 123 cm³/mol. The van der Waals surface area contributed by atoms with Crippen LogP contribution in [0, 0.1) is 0 Å². The average Bonchev–Trinajstić information content (AvgIpc) is 2.84. The Morgan fingerprint density at radius 3 is 2.06 bits per heavy atom. The summed E-state index contributed by atoms with van der Waals surface area (Å²) in [6.07, 6.45) is -0.829. The Kier molecular flexibility index (Phi) is 9.75. The molecule has 3 N–H and O–H groups in total. The minimum Gasteiger partial charge on any atom is -0.497 e. The summed E-state index contributed by atoms with van der Waals surface area (Å²) in [4.78, 5) is 4.61. The van der Waals surface area contributed by atoms with Crippen molar-refractivity contribution in [3.05, 3.63) is 41.5 Å². The van der Waals surface area contributed by atoms with Gasteiger partial charge >= 0.3 is 0 Å². The van der Waals surface area contributed by atoms with Gasteiger partial charge in [-0.2, -0.15) is 0 Å². The van der Waals surface area contributed by atoms with Crippen molar-refractivity contribution >= 4 is 5.96 Å². The number of benzene rings is 2. The van der Waals surface area contributed by atoms with Crippen LogP contribution in [0.1, 0.15) is 24.2 Å². The highest BCUT2D eigenvalue weighted by Crippen LogP contribution is 2.38. The Hall–Kier alpha value is -3.33. The summed E-state index contributed by atoms with van der Waals surface area (Å²) >= 11 is 0. The number of ether oxygens (including phenoxy) is 5. The van der Waals surface area contributed by atoms with Crippen LogP contribution < -0.4 is 34.3 Å². The highest BCUT2D eigenvalue weighted by molar-refractivity contribution is 5.79. The molecule has 1 atom stereocenters. The number of nitrogens with one attached hydrogen (secondary N) is 2. The van der Waals surface area contributed by atoms with Crippen LogP contribution in [0.4, 0.5) is 0 Å². The molecule has 2 aromatic rings. The van der Waals surface area contributed by atoms with E-state index in [9.17, 15) is 5.11 Å². The molecule has 32 heavy (non-hydrogen) atoms. The molecule has 0 bridgehead atoms. The number of aliphatic hydroxyl groups is 1. The first kappa shape index (κ1) is 24.9. The summed E-state index contributed by atoms with van der Waals surface area (Å²) in [5.74, 6) is 3.44. The molecule has 0 aliphatic rings. The van der Waals surface area contributed by atoms with E-state index in [2.05, 4.69) is 15.6 Å². The molecule has 0 aliphatic carbocycles. The van der Waals surface area contributed by atoms with E-state index in [1.807, 2.05) is 19.1 Å². The molecule has 0 spiro atoms. The van der Waals surface area contributed by atoms with Gasteiger partial charge < -0.3 is 39.4 Å². The average molecular weight is 448 g/mol. The van der Waals surface area contributed by atoms with Gasteiger partial charge in [-0.3, -0.25) is 0 Å². The molecular formula is C23H33N3O6. The molecule has 176 valence electrons. The van der Waals surface area contributed by atoms with Crippen LogP contribution in [0.25, 0.3) is 0 Å². The third-order valence-electron chi connectivity index (χ3n) is 4.75. The lowest BCUT2D eigenvalue weighted by atomic mass is 10.1. The highest BCUT2D eigenvalue weighted by Gasteiger charge is 2.16. The first-order chi connectivity index (χ1) is 15.5. The molecule has 2 aromatic carbocycles. The van der Waals surface area contributed by atoms with E-state index in [0.29, 0.717) is 53.4 Å². The van der Waals surface area contributed by atoms with Gasteiger partial charge in [-0.25, -0.2) is 4.99 Å². The second-order valence-electron chi connectivity index (χ2n) is 6.73. The third-order valence-corrected chi connectivity index (χ3v) is 4.75. The van der Waals surface area contributed by atoms with E-state index < -0.39 is 6.10 Å². The number of aliphatic hydroxyl groups excluding tert-OH is 1. The van der Waals surface area contributed by atoms with Crippen molar-refractivity contribution in [2.45, 2.75) is 19.6 Å². The van der Waals surface area contributed by atoms with Crippen LogP contribution >= 0.6 is 0 Å². The number of rotatable bonds is 11. The van der Waals surface area contributed by atoms with Crippen LogP contribution in [0.5, 0.6) is 28.7 Å². The van der Waals surface area contributed by atoms with E-state index in [-0.39, 0.29) is 6.54 Å². The molecule has 0 saturated carbocycles. The van der Waals surface area contributed by atoms with Gasteiger partial charge in [0.1, 0.15) is 11.5 Å². The molecule has 0 radical (unpaired) electrons. The van der Waals surface area contributed by atoms with E-state index in [1.54, 1.807) is 53.7 Å². The lowest BCUT2D eigenvalue weighted by Crippen LogP contribution is -2.39. The van der Waals surface area contributed by atoms with Crippen molar-refractivity contribution in [2.75, 3.05) is 48.6 Å². The summed E-state index contributed by atoms with van der Waals surface area (Å²) in [5, 5.41) is 17.1. The SMILES string of the molecule is CCNC(=NCc1cc(OC)c(OC)c(OC)c1)NCC(O)c1cc(OC)ccc1OC. The predicted octanol–water partition coefficient (Wildman–Crippen LogP) is 2.52. The molecule has 9 nitrogen and oxygen atoms in total. The van der Waals surface area contributed by atoms with Gasteiger partial charge in [0, 0.05) is 18.7 Å². The van der Waals surface area contributed by atoms with Gasteiger partial charge in [-0.05, 0) is 42.8 Å². The summed E-state index contributed by atoms with van der Waals surface area (Å²) in [5.41, 5.74) is 1.51. The zero-order valence-electron chi connectivity index (χ0n) is 19.5. The van der Waals surface area contributed by atoms with Crippen molar-refractivity contribution in [2.24, 2.45) is 4.99 Å². The number of guanidine groups is 1. The fourth-order valence-corrected chi connectivity index (χ4v) is 3.14. The summed E-state index contributed by atoms with van der Waals surface area (Å²) < 4.78 is 26.8. The van der Waals surface area contributed by atoms with Crippen LogP contribution in [-0.4, -0.2) is 59.7 Å². The maximum absolute atomic E-state index is 10.7. The molecule has 0 fully saturated rings. The van der Waals surface area contributed by atoms with Gasteiger partial charge in [0.25, 0.3) is 0 Å². The van der Waals surface area contributed by atoms with E-state index in [4.69, 9.17) is 23.7 Å². The Morgan fingerprint density at radius 1 is 0.875 bits per heavy atom. The Balaban J connectivity index is 2.16. The van der Waals surface area contributed by atoms with Crippen molar-refractivity contribution in [3.8, 4) is 28.7 Å². The Morgan fingerprint density at radius 2 is 1.53 bits per heavy atom. The quantitative estimate of drug-likeness (QED) is 0.357. The number of nitrogens with zero attached hydrogens (tertiary/aromatic N) is 1. The van der Waals surface area contributed by atoms with Gasteiger partial charge in [-0.1, -0.05) is 0 Å². The van der Waals surface area contributed by atoms with Gasteiger partial charge in [0.2, 0.25) is 5.75 Å². The molecular weight excluding hydrogens is 414 g/mol. The minimum absolute atomic E-state index is 0.227. The fraction of sp³-hybridized carbons (Fsp3) is 0.435. The van der Waals surface area contributed by atoms with Crippen LogP contribution in [0.15, 0.2) is 35.3 Å². The van der Waals surface area contributed by atoms with Gasteiger partial charge in [0.05, 0.1) is 48.2 Å². The van der Waals surface area contributed by atoms with Crippen LogP contribution in [0.2, 0.25) is 0 Å². The molecule has 0 heterocycles. The second-order valence-corrected chi connectivity index (χ2v) is 6.73. The Bertz CT molecular complexity index is 878. The Labute approximate surface area is 189 Å². The van der Waals surface area contributed by atoms with Crippen molar-refractivity contribution in [1.29, 1.82) is 0 Å². The fourth-order valence-electron chi connectivity index (χ4n) is 3.14. The summed E-state index contributed by atoms with van der Waals surface area (Å²) in [6.45, 7) is 3.23. The zero-order valence-corrected chi connectivity index (χ0v) is 19.5. The summed E-state index contributed by atoms with van der Waals surface area (Å²) in [7, 11) is 7.85. The van der Waals surface area contributed by atoms with Crippen molar-refractivity contribution in [3.63, 3.8) is 0 Å². The molecule has 1 unspecified atom stereocenters. The standard InChI is InChI=1S/C23H33N3O6/c1-7-24-23(25-13-15-10-20(30-4)22(32-6)21(11-15)31-5)26-14-18(27)17-12-16(28-2)8-9-19(17)29-3/h8-12,18,27H,7,13-14H2,1-6H3,(H2,24,25,26). The number of hydrogen-bond acceptors (Lipinski definition) is 7. The minimum atomic E-state index is -0.829. The third kappa shape index (κ3) is 6.34. The van der Waals surface area contributed by atoms with Gasteiger partial charge in [-0.15, -0.1) is 0 Å². The number of hydrogen-bond donors (Lipinski definition) is 3. The summed E-state index contributed by atoms with van der Waals surface area (Å²) in [6, 6.07) is 9.01. The smallest absolute Gasteiger partial charge is 0.203 e. The van der Waals surface area contributed by atoms with Gasteiger partial charge in [0.15, 0.2) is 17.5 Å². The molecule has 0 aliphatic heterocycles. The molecule has 0 amide bonds. The first-order valence-electron chi connectivity index (χ1n) is 10.2. The lowest BCUT2D eigenvalue weighted by Gasteiger charge is -2.18. The van der Waals surface area contributed by atoms with E-state index >= 15 is 0 Å². The van der Waals surface area contributed by atoms with Crippen molar-refractivity contribution in [1.82, 2.24) is 10.6 Å². The topological polar surface area (TPSA) is 103 Å². The monoisotopic (exact) mass is 447 g/mol. The lowest BCUT2D eigenvalue weighted by molar-refractivity contribution is 0.176. The first-order valence-corrected chi connectivity index (χ1v) is 10.2. The normalized spacial score (nSPS) is 12.0.